The second-order valence-corrected chi connectivity index (χ2v) is 4.77. The molecule has 0 bridgehead atoms. The fourth-order valence-electron chi connectivity index (χ4n) is 1.08. The van der Waals surface area contributed by atoms with Crippen molar-refractivity contribution in [2.24, 2.45) is 0 Å². The van der Waals surface area contributed by atoms with Gasteiger partial charge in [0.25, 0.3) is 0 Å². The van der Waals surface area contributed by atoms with Gasteiger partial charge in [-0.3, -0.25) is 0 Å². The van der Waals surface area contributed by atoms with Crippen LogP contribution in [-0.4, -0.2) is 0 Å². The van der Waals surface area contributed by atoms with E-state index in [1.807, 2.05) is 18.2 Å². The Kier molecular flexibility index (Phi) is 2.02. The van der Waals surface area contributed by atoms with Gasteiger partial charge in [0.2, 0.25) is 0 Å². The number of nitrogen functional groups attached to an aromatic ring is 1. The van der Waals surface area contributed by atoms with Crippen molar-refractivity contribution in [3.8, 4) is 0 Å². The van der Waals surface area contributed by atoms with Crippen LogP contribution in [0.2, 0.25) is 5.02 Å². The molecule has 2 N–H and O–H groups in total. The number of hydrogen-bond donors (Lipinski definition) is 1. The molecule has 2 aromatic rings. The van der Waals surface area contributed by atoms with Crippen molar-refractivity contribution in [1.82, 2.24) is 0 Å². The van der Waals surface area contributed by atoms with E-state index in [0.717, 1.165) is 24.6 Å². The Hall–Kier alpha value is -0.250. The van der Waals surface area contributed by atoms with Crippen molar-refractivity contribution in [3.63, 3.8) is 0 Å². The SMILES string of the molecule is Nc1cc2c(Br)ccc(Cl)c2s1. The van der Waals surface area contributed by atoms with Gasteiger partial charge >= 0.3 is 0 Å². The van der Waals surface area contributed by atoms with Gasteiger partial charge in [-0.25, -0.2) is 0 Å². The largest absolute Gasteiger partial charge is 0.391 e. The van der Waals surface area contributed by atoms with Gasteiger partial charge in [0.1, 0.15) is 0 Å². The Balaban J connectivity index is 2.93. The van der Waals surface area contributed by atoms with Crippen LogP contribution in [0.15, 0.2) is 22.7 Å². The first-order valence-corrected chi connectivity index (χ1v) is 5.30. The molecule has 0 atom stereocenters. The van der Waals surface area contributed by atoms with Gasteiger partial charge in [-0.1, -0.05) is 27.5 Å². The predicted molar refractivity (Wildman–Crippen MR) is 58.9 cm³/mol. The van der Waals surface area contributed by atoms with Crippen LogP contribution >= 0.6 is 38.9 Å². The van der Waals surface area contributed by atoms with E-state index < -0.39 is 0 Å². The molecule has 0 aliphatic heterocycles. The van der Waals surface area contributed by atoms with Crippen LogP contribution in [0.25, 0.3) is 10.1 Å². The minimum absolute atomic E-state index is 0.759. The summed E-state index contributed by atoms with van der Waals surface area (Å²) in [6, 6.07) is 5.72. The minimum atomic E-state index is 0.759. The van der Waals surface area contributed by atoms with Gasteiger partial charge in [-0.2, -0.15) is 0 Å². The lowest BCUT2D eigenvalue weighted by Gasteiger charge is -1.94. The Morgan fingerprint density at radius 3 is 2.83 bits per heavy atom. The van der Waals surface area contributed by atoms with Crippen LogP contribution in [-0.2, 0) is 0 Å². The number of halogens is 2. The first-order chi connectivity index (χ1) is 5.68. The first-order valence-electron chi connectivity index (χ1n) is 3.31. The van der Waals surface area contributed by atoms with Crippen LogP contribution in [0.4, 0.5) is 5.00 Å². The van der Waals surface area contributed by atoms with Crippen molar-refractivity contribution >= 4 is 54.0 Å². The maximum Gasteiger partial charge on any atom is 0.0869 e. The Labute approximate surface area is 87.3 Å². The first kappa shape index (κ1) is 8.35. The van der Waals surface area contributed by atoms with Crippen LogP contribution in [0.3, 0.4) is 0 Å². The second kappa shape index (κ2) is 2.91. The summed E-state index contributed by atoms with van der Waals surface area (Å²) in [7, 11) is 0. The second-order valence-electron chi connectivity index (χ2n) is 2.42. The zero-order valence-corrected chi connectivity index (χ0v) is 9.13. The zero-order chi connectivity index (χ0) is 8.72. The number of hydrogen-bond acceptors (Lipinski definition) is 2. The van der Waals surface area contributed by atoms with Crippen LogP contribution in [0, 0.1) is 0 Å². The highest BCUT2D eigenvalue weighted by Crippen LogP contribution is 2.37. The molecule has 0 amide bonds. The molecule has 1 aromatic carbocycles. The summed E-state index contributed by atoms with van der Waals surface area (Å²) in [6.07, 6.45) is 0. The normalized spacial score (nSPS) is 10.8. The number of rotatable bonds is 0. The fraction of sp³-hybridized carbons (Fsp3) is 0. The molecule has 0 fully saturated rings. The summed E-state index contributed by atoms with van der Waals surface area (Å²) in [5.74, 6) is 0. The molecular weight excluding hydrogens is 258 g/mol. The summed E-state index contributed by atoms with van der Waals surface area (Å²) >= 11 is 10.9. The average Bonchev–Trinajstić information content (AvgIpc) is 2.41. The highest BCUT2D eigenvalue weighted by molar-refractivity contribution is 9.10. The lowest BCUT2D eigenvalue weighted by atomic mass is 10.3. The van der Waals surface area contributed by atoms with Crippen LogP contribution < -0.4 is 5.73 Å². The van der Waals surface area contributed by atoms with E-state index >= 15 is 0 Å². The van der Waals surface area contributed by atoms with E-state index in [1.54, 1.807) is 0 Å². The molecule has 12 heavy (non-hydrogen) atoms. The van der Waals surface area contributed by atoms with Crippen molar-refractivity contribution in [3.05, 3.63) is 27.7 Å². The maximum atomic E-state index is 5.98. The van der Waals surface area contributed by atoms with Gasteiger partial charge in [0.15, 0.2) is 0 Å². The van der Waals surface area contributed by atoms with E-state index in [2.05, 4.69) is 15.9 Å². The van der Waals surface area contributed by atoms with Crippen molar-refractivity contribution in [1.29, 1.82) is 0 Å². The Morgan fingerprint density at radius 1 is 1.42 bits per heavy atom. The summed E-state index contributed by atoms with van der Waals surface area (Å²) < 4.78 is 2.08. The highest BCUT2D eigenvalue weighted by Gasteiger charge is 2.05. The van der Waals surface area contributed by atoms with Crippen LogP contribution in [0.1, 0.15) is 0 Å². The van der Waals surface area contributed by atoms with Gasteiger partial charge in [-0.05, 0) is 18.2 Å². The highest BCUT2D eigenvalue weighted by atomic mass is 79.9. The number of thiophene rings is 1. The monoisotopic (exact) mass is 261 g/mol. The molecule has 4 heteroatoms. The molecule has 2 rings (SSSR count). The summed E-state index contributed by atoms with van der Waals surface area (Å²) in [5, 5.41) is 2.64. The Morgan fingerprint density at radius 2 is 2.17 bits per heavy atom. The predicted octanol–water partition coefficient (Wildman–Crippen LogP) is 3.90. The molecule has 0 aliphatic carbocycles. The Bertz CT molecular complexity index is 399. The third-order valence-corrected chi connectivity index (χ3v) is 3.72. The summed E-state index contributed by atoms with van der Waals surface area (Å²) in [5.41, 5.74) is 5.67. The number of nitrogens with two attached hydrogens (primary N) is 1. The fourth-order valence-corrected chi connectivity index (χ4v) is 2.79. The molecule has 0 aliphatic rings. The van der Waals surface area contributed by atoms with Crippen molar-refractivity contribution in [2.75, 3.05) is 5.73 Å². The third kappa shape index (κ3) is 1.22. The van der Waals surface area contributed by atoms with Gasteiger partial charge in [0, 0.05) is 9.86 Å². The lowest BCUT2D eigenvalue weighted by Crippen LogP contribution is -1.73. The van der Waals surface area contributed by atoms with Gasteiger partial charge in [0.05, 0.1) is 14.7 Å². The van der Waals surface area contributed by atoms with E-state index in [9.17, 15) is 0 Å². The van der Waals surface area contributed by atoms with Crippen LogP contribution in [0.5, 0.6) is 0 Å². The number of anilines is 1. The van der Waals surface area contributed by atoms with Crippen molar-refractivity contribution < 1.29 is 0 Å². The standard InChI is InChI=1S/C8H5BrClNS/c9-5-1-2-6(10)8-4(5)3-7(11)12-8/h1-3H,11H2. The van der Waals surface area contributed by atoms with Gasteiger partial charge in [-0.15, -0.1) is 11.3 Å². The molecule has 1 aromatic heterocycles. The molecule has 0 spiro atoms. The molecule has 1 nitrogen and oxygen atoms in total. The molecule has 1 heterocycles. The van der Waals surface area contributed by atoms with Crippen molar-refractivity contribution in [2.45, 2.75) is 0 Å². The molecule has 0 saturated heterocycles. The third-order valence-electron chi connectivity index (χ3n) is 1.60. The topological polar surface area (TPSA) is 26.0 Å². The number of benzene rings is 1. The van der Waals surface area contributed by atoms with E-state index in [1.165, 1.54) is 11.3 Å². The average molecular weight is 263 g/mol. The number of fused-ring (bicyclic) bond motifs is 1. The smallest absolute Gasteiger partial charge is 0.0869 e. The van der Waals surface area contributed by atoms with E-state index in [4.69, 9.17) is 17.3 Å². The summed E-state index contributed by atoms with van der Waals surface area (Å²) in [4.78, 5) is 0. The van der Waals surface area contributed by atoms with E-state index in [-0.39, 0.29) is 0 Å². The lowest BCUT2D eigenvalue weighted by molar-refractivity contribution is 1.78. The van der Waals surface area contributed by atoms with Gasteiger partial charge < -0.3 is 5.73 Å². The molecule has 0 saturated carbocycles. The quantitative estimate of drug-likeness (QED) is 0.765. The van der Waals surface area contributed by atoms with E-state index in [0.29, 0.717) is 0 Å². The maximum absolute atomic E-state index is 5.98. The minimum Gasteiger partial charge on any atom is -0.391 e. The molecule has 62 valence electrons. The summed E-state index contributed by atoms with van der Waals surface area (Å²) in [6.45, 7) is 0. The molecule has 0 radical (unpaired) electrons. The molecule has 0 unspecified atom stereocenters. The molecular formula is C8H5BrClNS. The zero-order valence-electron chi connectivity index (χ0n) is 5.97.